The van der Waals surface area contributed by atoms with Gasteiger partial charge in [0.25, 0.3) is 0 Å². The summed E-state index contributed by atoms with van der Waals surface area (Å²) in [6.45, 7) is 0.951. The van der Waals surface area contributed by atoms with E-state index in [9.17, 15) is 4.79 Å². The van der Waals surface area contributed by atoms with Gasteiger partial charge in [-0.05, 0) is 45.5 Å². The second-order valence-corrected chi connectivity index (χ2v) is 6.08. The molecular weight excluding hydrogens is 280 g/mol. The summed E-state index contributed by atoms with van der Waals surface area (Å²) >= 11 is 0. The maximum atomic E-state index is 12.2. The van der Waals surface area contributed by atoms with Crippen LogP contribution in [-0.2, 0) is 4.74 Å². The Labute approximate surface area is 132 Å². The van der Waals surface area contributed by atoms with Crippen molar-refractivity contribution in [3.8, 4) is 5.75 Å². The first-order valence-corrected chi connectivity index (χ1v) is 7.85. The monoisotopic (exact) mass is 306 g/mol. The molecule has 2 atom stereocenters. The Balaban J connectivity index is 1.95. The van der Waals surface area contributed by atoms with Crippen molar-refractivity contribution in [3.63, 3.8) is 0 Å². The van der Waals surface area contributed by atoms with Crippen LogP contribution >= 0.6 is 0 Å². The van der Waals surface area contributed by atoms with Gasteiger partial charge >= 0.3 is 6.09 Å². The third-order valence-corrected chi connectivity index (χ3v) is 4.04. The molecule has 0 unspecified atom stereocenters. The SMILES string of the molecule is COc1ccccc1NC(=O)O[C@@H]1CCCC[C@H]1CN(C)C. The van der Waals surface area contributed by atoms with Gasteiger partial charge in [0.05, 0.1) is 12.8 Å². The molecule has 5 nitrogen and oxygen atoms in total. The summed E-state index contributed by atoms with van der Waals surface area (Å²) in [6.07, 6.45) is 3.98. The Morgan fingerprint density at radius 1 is 1.27 bits per heavy atom. The van der Waals surface area contributed by atoms with Gasteiger partial charge in [0.15, 0.2) is 0 Å². The molecule has 0 radical (unpaired) electrons. The van der Waals surface area contributed by atoms with Crippen LogP contribution in [0.1, 0.15) is 25.7 Å². The quantitative estimate of drug-likeness (QED) is 0.906. The second kappa shape index (κ2) is 8.03. The molecule has 22 heavy (non-hydrogen) atoms. The molecule has 5 heteroatoms. The fourth-order valence-corrected chi connectivity index (χ4v) is 3.03. The van der Waals surface area contributed by atoms with Crippen LogP contribution in [0.15, 0.2) is 24.3 Å². The minimum atomic E-state index is -0.403. The van der Waals surface area contributed by atoms with Gasteiger partial charge < -0.3 is 14.4 Å². The summed E-state index contributed by atoms with van der Waals surface area (Å²) in [5.41, 5.74) is 0.634. The number of rotatable bonds is 5. The highest BCUT2D eigenvalue weighted by Crippen LogP contribution is 2.28. The Morgan fingerprint density at radius 2 is 2.00 bits per heavy atom. The van der Waals surface area contributed by atoms with Crippen molar-refractivity contribution in [1.29, 1.82) is 0 Å². The fourth-order valence-electron chi connectivity index (χ4n) is 3.03. The summed E-state index contributed by atoms with van der Waals surface area (Å²) in [7, 11) is 5.70. The van der Waals surface area contributed by atoms with E-state index in [0.717, 1.165) is 25.8 Å². The molecule has 0 saturated heterocycles. The lowest BCUT2D eigenvalue weighted by molar-refractivity contribution is 0.0357. The first-order valence-electron chi connectivity index (χ1n) is 7.85. The van der Waals surface area contributed by atoms with Gasteiger partial charge in [-0.1, -0.05) is 18.6 Å². The summed E-state index contributed by atoms with van der Waals surface area (Å²) < 4.78 is 10.9. The van der Waals surface area contributed by atoms with Gasteiger partial charge in [0, 0.05) is 12.5 Å². The van der Waals surface area contributed by atoms with Crippen LogP contribution in [0.5, 0.6) is 5.75 Å². The lowest BCUT2D eigenvalue weighted by atomic mass is 9.86. The zero-order valence-electron chi connectivity index (χ0n) is 13.7. The van der Waals surface area contributed by atoms with Crippen molar-refractivity contribution in [3.05, 3.63) is 24.3 Å². The molecule has 1 aromatic carbocycles. The van der Waals surface area contributed by atoms with Crippen molar-refractivity contribution in [1.82, 2.24) is 4.90 Å². The molecule has 0 spiro atoms. The average molecular weight is 306 g/mol. The van der Waals surface area contributed by atoms with Gasteiger partial charge in [-0.15, -0.1) is 0 Å². The summed E-state index contributed by atoms with van der Waals surface area (Å²) in [4.78, 5) is 14.3. The number of amides is 1. The number of anilines is 1. The summed E-state index contributed by atoms with van der Waals surface area (Å²) in [5, 5.41) is 2.78. The molecule has 1 aromatic rings. The molecule has 1 saturated carbocycles. The number of ether oxygens (including phenoxy) is 2. The second-order valence-electron chi connectivity index (χ2n) is 6.08. The lowest BCUT2D eigenvalue weighted by Crippen LogP contribution is -2.37. The number of carbonyl (C=O) groups is 1. The van der Waals surface area contributed by atoms with E-state index in [-0.39, 0.29) is 6.10 Å². The normalized spacial score (nSPS) is 21.5. The van der Waals surface area contributed by atoms with E-state index in [0.29, 0.717) is 17.4 Å². The van der Waals surface area contributed by atoms with Gasteiger partial charge in [-0.2, -0.15) is 0 Å². The predicted octanol–water partition coefficient (Wildman–Crippen LogP) is 3.36. The number of hydrogen-bond donors (Lipinski definition) is 1. The first kappa shape index (κ1) is 16.6. The fraction of sp³-hybridized carbons (Fsp3) is 0.588. The molecule has 1 N–H and O–H groups in total. The minimum Gasteiger partial charge on any atom is -0.495 e. The highest BCUT2D eigenvalue weighted by atomic mass is 16.6. The van der Waals surface area contributed by atoms with Gasteiger partial charge in [-0.3, -0.25) is 5.32 Å². The number of hydrogen-bond acceptors (Lipinski definition) is 4. The van der Waals surface area contributed by atoms with Crippen molar-refractivity contribution in [2.24, 2.45) is 5.92 Å². The van der Waals surface area contributed by atoms with Crippen LogP contribution in [-0.4, -0.2) is 44.8 Å². The van der Waals surface area contributed by atoms with E-state index >= 15 is 0 Å². The Hall–Kier alpha value is -1.75. The smallest absolute Gasteiger partial charge is 0.412 e. The topological polar surface area (TPSA) is 50.8 Å². The Morgan fingerprint density at radius 3 is 2.73 bits per heavy atom. The highest BCUT2D eigenvalue weighted by molar-refractivity contribution is 5.86. The molecule has 0 bridgehead atoms. The third-order valence-electron chi connectivity index (χ3n) is 4.04. The highest BCUT2D eigenvalue weighted by Gasteiger charge is 2.28. The summed E-state index contributed by atoms with van der Waals surface area (Å²) in [5.74, 6) is 1.04. The zero-order chi connectivity index (χ0) is 15.9. The molecular formula is C17H26N2O3. The van der Waals surface area contributed by atoms with Crippen LogP contribution < -0.4 is 10.1 Å². The largest absolute Gasteiger partial charge is 0.495 e. The molecule has 1 fully saturated rings. The van der Waals surface area contributed by atoms with E-state index in [1.165, 1.54) is 6.42 Å². The van der Waals surface area contributed by atoms with Crippen molar-refractivity contribution in [2.75, 3.05) is 33.1 Å². The van der Waals surface area contributed by atoms with Gasteiger partial charge in [0.1, 0.15) is 11.9 Å². The third kappa shape index (κ3) is 4.63. The first-order chi connectivity index (χ1) is 10.6. The predicted molar refractivity (Wildman–Crippen MR) is 87.4 cm³/mol. The van der Waals surface area contributed by atoms with E-state index in [4.69, 9.17) is 9.47 Å². The number of methoxy groups -OCH3 is 1. The summed E-state index contributed by atoms with van der Waals surface area (Å²) in [6, 6.07) is 7.33. The molecule has 1 aliphatic rings. The molecule has 0 heterocycles. The van der Waals surface area contributed by atoms with Crippen LogP contribution in [0.25, 0.3) is 0 Å². The Kier molecular flexibility index (Phi) is 6.07. The number of benzene rings is 1. The van der Waals surface area contributed by atoms with Crippen LogP contribution in [0, 0.1) is 5.92 Å². The zero-order valence-corrected chi connectivity index (χ0v) is 13.7. The van der Waals surface area contributed by atoms with E-state index in [1.807, 2.05) is 18.2 Å². The van der Waals surface area contributed by atoms with Crippen molar-refractivity contribution >= 4 is 11.8 Å². The van der Waals surface area contributed by atoms with Crippen molar-refractivity contribution in [2.45, 2.75) is 31.8 Å². The molecule has 122 valence electrons. The number of nitrogens with one attached hydrogen (secondary N) is 1. The Bertz CT molecular complexity index is 491. The van der Waals surface area contributed by atoms with Crippen LogP contribution in [0.2, 0.25) is 0 Å². The van der Waals surface area contributed by atoms with Gasteiger partial charge in [0.2, 0.25) is 0 Å². The molecule has 1 amide bonds. The number of carbonyl (C=O) groups excluding carboxylic acids is 1. The average Bonchev–Trinajstić information content (AvgIpc) is 2.49. The molecule has 2 rings (SSSR count). The molecule has 0 aromatic heterocycles. The maximum absolute atomic E-state index is 12.2. The van der Waals surface area contributed by atoms with Crippen molar-refractivity contribution < 1.29 is 14.3 Å². The molecule has 1 aliphatic carbocycles. The van der Waals surface area contributed by atoms with E-state index in [2.05, 4.69) is 24.3 Å². The van der Waals surface area contributed by atoms with E-state index < -0.39 is 6.09 Å². The maximum Gasteiger partial charge on any atom is 0.412 e. The minimum absolute atomic E-state index is 0.00847. The van der Waals surface area contributed by atoms with E-state index in [1.54, 1.807) is 13.2 Å². The van der Waals surface area contributed by atoms with Gasteiger partial charge in [-0.25, -0.2) is 4.79 Å². The van der Waals surface area contributed by atoms with Crippen LogP contribution in [0.3, 0.4) is 0 Å². The number of para-hydroxylation sites is 2. The number of nitrogens with zero attached hydrogens (tertiary/aromatic N) is 1. The standard InChI is InChI=1S/C17H26N2O3/c1-19(2)12-13-8-4-6-10-15(13)22-17(20)18-14-9-5-7-11-16(14)21-3/h5,7,9,11,13,15H,4,6,8,10,12H2,1-3H3,(H,18,20)/t13-,15+/m0/s1. The lowest BCUT2D eigenvalue weighted by Gasteiger charge is -2.32. The molecule has 0 aliphatic heterocycles. The van der Waals surface area contributed by atoms with Crippen LogP contribution in [0.4, 0.5) is 10.5 Å².